The molecule has 1 N–H and O–H groups in total. The Balaban J connectivity index is 1.92. The number of rotatable bonds is 5. The zero-order valence-corrected chi connectivity index (χ0v) is 10.9. The maximum absolute atomic E-state index is 13.6. The Labute approximate surface area is 110 Å². The van der Waals surface area contributed by atoms with Crippen molar-refractivity contribution in [3.63, 3.8) is 0 Å². The Hall–Kier alpha value is -1.39. The number of hydrogen-bond acceptors (Lipinski definition) is 3. The summed E-state index contributed by atoms with van der Waals surface area (Å²) in [5, 5.41) is 11.3. The van der Waals surface area contributed by atoms with Crippen LogP contribution >= 0.6 is 11.3 Å². The number of benzene rings is 1. The Morgan fingerprint density at radius 3 is 2.83 bits per heavy atom. The highest BCUT2D eigenvalue weighted by atomic mass is 32.1. The van der Waals surface area contributed by atoms with Crippen LogP contribution in [0, 0.1) is 5.82 Å². The number of ether oxygens (including phenoxy) is 1. The van der Waals surface area contributed by atoms with Crippen molar-refractivity contribution in [2.45, 2.75) is 19.4 Å². The summed E-state index contributed by atoms with van der Waals surface area (Å²) in [6.45, 7) is 2.06. The number of halogens is 1. The van der Waals surface area contributed by atoms with Crippen LogP contribution in [0.15, 0.2) is 35.7 Å². The van der Waals surface area contributed by atoms with Crippen LogP contribution in [0.1, 0.15) is 23.5 Å². The highest BCUT2D eigenvalue weighted by Gasteiger charge is 2.08. The van der Waals surface area contributed by atoms with Crippen molar-refractivity contribution in [2.75, 3.05) is 6.61 Å². The van der Waals surface area contributed by atoms with Crippen LogP contribution in [-0.4, -0.2) is 11.7 Å². The van der Waals surface area contributed by atoms with Crippen molar-refractivity contribution in [1.29, 1.82) is 0 Å². The highest BCUT2D eigenvalue weighted by Crippen LogP contribution is 2.22. The van der Waals surface area contributed by atoms with Gasteiger partial charge in [0.15, 0.2) is 0 Å². The molecule has 2 aromatic rings. The quantitative estimate of drug-likeness (QED) is 0.896. The van der Waals surface area contributed by atoms with E-state index in [9.17, 15) is 9.50 Å². The van der Waals surface area contributed by atoms with E-state index in [1.54, 1.807) is 23.5 Å². The van der Waals surface area contributed by atoms with E-state index in [0.717, 1.165) is 6.42 Å². The standard InChI is InChI=1S/C14H15FO2S/c1-10(16)13-5-4-11(9-14(13)15)17-7-6-12-3-2-8-18-12/h2-5,8-10,16H,6-7H2,1H3. The van der Waals surface area contributed by atoms with Crippen molar-refractivity contribution in [2.24, 2.45) is 0 Å². The van der Waals surface area contributed by atoms with Crippen molar-refractivity contribution in [3.05, 3.63) is 52.0 Å². The first-order valence-electron chi connectivity index (χ1n) is 5.79. The molecule has 0 spiro atoms. The smallest absolute Gasteiger partial charge is 0.132 e. The number of hydrogen-bond donors (Lipinski definition) is 1. The van der Waals surface area contributed by atoms with Gasteiger partial charge in [-0.1, -0.05) is 6.07 Å². The van der Waals surface area contributed by atoms with E-state index in [1.165, 1.54) is 17.9 Å². The van der Waals surface area contributed by atoms with Crippen LogP contribution in [0.3, 0.4) is 0 Å². The maximum Gasteiger partial charge on any atom is 0.132 e. The third-order valence-electron chi connectivity index (χ3n) is 2.62. The van der Waals surface area contributed by atoms with Crippen LogP contribution in [0.4, 0.5) is 4.39 Å². The molecule has 0 aliphatic rings. The summed E-state index contributed by atoms with van der Waals surface area (Å²) in [6, 6.07) is 8.60. The molecule has 2 rings (SSSR count). The van der Waals surface area contributed by atoms with Crippen LogP contribution in [-0.2, 0) is 6.42 Å². The van der Waals surface area contributed by atoms with E-state index in [0.29, 0.717) is 17.9 Å². The van der Waals surface area contributed by atoms with Gasteiger partial charge in [0, 0.05) is 22.9 Å². The second-order valence-electron chi connectivity index (χ2n) is 4.04. The first-order chi connectivity index (χ1) is 8.66. The molecule has 96 valence electrons. The van der Waals surface area contributed by atoms with Gasteiger partial charge in [0.25, 0.3) is 0 Å². The predicted molar refractivity (Wildman–Crippen MR) is 70.6 cm³/mol. The first kappa shape index (κ1) is 13.1. The third-order valence-corrected chi connectivity index (χ3v) is 3.56. The minimum atomic E-state index is -0.801. The molecule has 0 saturated carbocycles. The van der Waals surface area contributed by atoms with Crippen molar-refractivity contribution in [3.8, 4) is 5.75 Å². The summed E-state index contributed by atoms with van der Waals surface area (Å²) in [5.74, 6) is 0.0621. The van der Waals surface area contributed by atoms with Gasteiger partial charge in [0.2, 0.25) is 0 Å². The first-order valence-corrected chi connectivity index (χ1v) is 6.67. The lowest BCUT2D eigenvalue weighted by Gasteiger charge is -2.09. The number of aliphatic hydroxyl groups excluding tert-OH is 1. The summed E-state index contributed by atoms with van der Waals surface area (Å²) in [5.41, 5.74) is 0.292. The molecule has 1 unspecified atom stereocenters. The van der Waals surface area contributed by atoms with Gasteiger partial charge < -0.3 is 9.84 Å². The lowest BCUT2D eigenvalue weighted by atomic mass is 10.1. The fraction of sp³-hybridized carbons (Fsp3) is 0.286. The fourth-order valence-electron chi connectivity index (χ4n) is 1.66. The molecule has 4 heteroatoms. The maximum atomic E-state index is 13.6. The molecule has 0 aliphatic heterocycles. The van der Waals surface area contributed by atoms with Crippen LogP contribution in [0.25, 0.3) is 0 Å². The van der Waals surface area contributed by atoms with Gasteiger partial charge >= 0.3 is 0 Å². The van der Waals surface area contributed by atoms with Crippen molar-refractivity contribution >= 4 is 11.3 Å². The zero-order valence-electron chi connectivity index (χ0n) is 10.1. The van der Waals surface area contributed by atoms with E-state index in [-0.39, 0.29) is 0 Å². The molecule has 0 amide bonds. The van der Waals surface area contributed by atoms with Gasteiger partial charge in [-0.25, -0.2) is 4.39 Å². The van der Waals surface area contributed by atoms with Gasteiger partial charge in [-0.05, 0) is 30.5 Å². The normalized spacial score (nSPS) is 12.4. The molecule has 0 radical (unpaired) electrons. The van der Waals surface area contributed by atoms with E-state index < -0.39 is 11.9 Å². The second kappa shape index (κ2) is 5.98. The van der Waals surface area contributed by atoms with Crippen molar-refractivity contribution < 1.29 is 14.2 Å². The van der Waals surface area contributed by atoms with Gasteiger partial charge in [-0.2, -0.15) is 0 Å². The van der Waals surface area contributed by atoms with Gasteiger partial charge in [-0.3, -0.25) is 0 Å². The molecular formula is C14H15FO2S. The van der Waals surface area contributed by atoms with Gasteiger partial charge in [0.05, 0.1) is 12.7 Å². The van der Waals surface area contributed by atoms with E-state index in [1.807, 2.05) is 17.5 Å². The van der Waals surface area contributed by atoms with Gasteiger partial charge in [0.1, 0.15) is 11.6 Å². The molecule has 1 atom stereocenters. The third kappa shape index (κ3) is 3.31. The Morgan fingerprint density at radius 2 is 2.22 bits per heavy atom. The Bertz CT molecular complexity index is 495. The summed E-state index contributed by atoms with van der Waals surface area (Å²) in [6.07, 6.45) is 0.0161. The van der Waals surface area contributed by atoms with Gasteiger partial charge in [-0.15, -0.1) is 11.3 Å². The molecular weight excluding hydrogens is 251 g/mol. The monoisotopic (exact) mass is 266 g/mol. The molecule has 2 nitrogen and oxygen atoms in total. The topological polar surface area (TPSA) is 29.5 Å². The number of aliphatic hydroxyl groups is 1. The summed E-state index contributed by atoms with van der Waals surface area (Å²) >= 11 is 1.68. The van der Waals surface area contributed by atoms with Crippen LogP contribution in [0.2, 0.25) is 0 Å². The molecule has 1 aromatic heterocycles. The largest absolute Gasteiger partial charge is 0.493 e. The average molecular weight is 266 g/mol. The van der Waals surface area contributed by atoms with Crippen LogP contribution in [0.5, 0.6) is 5.75 Å². The van der Waals surface area contributed by atoms with E-state index in [2.05, 4.69) is 0 Å². The Kier molecular flexibility index (Phi) is 4.33. The molecule has 0 saturated heterocycles. The minimum Gasteiger partial charge on any atom is -0.493 e. The minimum absolute atomic E-state index is 0.292. The van der Waals surface area contributed by atoms with E-state index in [4.69, 9.17) is 4.74 Å². The molecule has 1 heterocycles. The highest BCUT2D eigenvalue weighted by molar-refractivity contribution is 7.09. The average Bonchev–Trinajstić information content (AvgIpc) is 2.81. The summed E-state index contributed by atoms with van der Waals surface area (Å²) in [4.78, 5) is 1.25. The molecule has 0 aliphatic carbocycles. The molecule has 0 bridgehead atoms. The summed E-state index contributed by atoms with van der Waals surface area (Å²) in [7, 11) is 0. The molecule has 18 heavy (non-hydrogen) atoms. The fourth-order valence-corrected chi connectivity index (χ4v) is 2.35. The Morgan fingerprint density at radius 1 is 1.39 bits per heavy atom. The number of thiophene rings is 1. The zero-order chi connectivity index (χ0) is 13.0. The molecule has 0 fully saturated rings. The second-order valence-corrected chi connectivity index (χ2v) is 5.07. The molecule has 1 aromatic carbocycles. The SMILES string of the molecule is CC(O)c1ccc(OCCc2cccs2)cc1F. The lowest BCUT2D eigenvalue weighted by molar-refractivity contribution is 0.194. The predicted octanol–water partition coefficient (Wildman–Crippen LogP) is 3.56. The summed E-state index contributed by atoms with van der Waals surface area (Å²) < 4.78 is 19.0. The van der Waals surface area contributed by atoms with Crippen LogP contribution < -0.4 is 4.74 Å². The van der Waals surface area contributed by atoms with E-state index >= 15 is 0 Å². The lowest BCUT2D eigenvalue weighted by Crippen LogP contribution is -2.02. The van der Waals surface area contributed by atoms with Crippen molar-refractivity contribution in [1.82, 2.24) is 0 Å².